The van der Waals surface area contributed by atoms with Gasteiger partial charge in [0, 0.05) is 11.3 Å². The largest absolute Gasteiger partial charge is 0.489 e. The number of esters is 1. The van der Waals surface area contributed by atoms with Crippen LogP contribution in [0.1, 0.15) is 66.8 Å². The first-order chi connectivity index (χ1) is 15.4. The van der Waals surface area contributed by atoms with Gasteiger partial charge in [-0.25, -0.2) is 4.79 Å². The van der Waals surface area contributed by atoms with Gasteiger partial charge in [0.15, 0.2) is 6.61 Å². The van der Waals surface area contributed by atoms with E-state index in [1.807, 2.05) is 48.5 Å². The Bertz CT molecular complexity index is 1030. The van der Waals surface area contributed by atoms with Crippen LogP contribution in [0.15, 0.2) is 65.3 Å². The number of anilines is 1. The summed E-state index contributed by atoms with van der Waals surface area (Å²) in [4.78, 5) is 25.1. The van der Waals surface area contributed by atoms with Crippen molar-refractivity contribution in [1.82, 2.24) is 0 Å². The Labute approximate surface area is 188 Å². The van der Waals surface area contributed by atoms with Gasteiger partial charge in [-0.3, -0.25) is 4.79 Å². The fourth-order valence-electron chi connectivity index (χ4n) is 3.37. The van der Waals surface area contributed by atoms with E-state index in [0.717, 1.165) is 16.8 Å². The van der Waals surface area contributed by atoms with Crippen LogP contribution in [0.2, 0.25) is 0 Å². The number of amides is 1. The van der Waals surface area contributed by atoms with E-state index < -0.39 is 18.5 Å². The standard InChI is InChI=1S/C26H29NO5/c1-17(2)21-11-8-12-22(18(3)4)24(21)27-23(28)16-32-26(29)25-19(13-14-30-25)15-31-20-9-6-5-7-10-20/h5-14,17-18H,15-16H2,1-4H3,(H,27,28). The van der Waals surface area contributed by atoms with Gasteiger partial charge < -0.3 is 19.2 Å². The van der Waals surface area contributed by atoms with Gasteiger partial charge in [-0.15, -0.1) is 0 Å². The van der Waals surface area contributed by atoms with Gasteiger partial charge in [0.25, 0.3) is 5.91 Å². The summed E-state index contributed by atoms with van der Waals surface area (Å²) in [5.74, 6) is 0.0695. The summed E-state index contributed by atoms with van der Waals surface area (Å²) < 4.78 is 16.2. The number of para-hydroxylation sites is 2. The molecule has 1 heterocycles. The highest BCUT2D eigenvalue weighted by Gasteiger charge is 2.20. The van der Waals surface area contributed by atoms with Crippen molar-refractivity contribution in [2.45, 2.75) is 46.1 Å². The van der Waals surface area contributed by atoms with Crippen molar-refractivity contribution < 1.29 is 23.5 Å². The summed E-state index contributed by atoms with van der Waals surface area (Å²) in [6.45, 7) is 8.03. The molecule has 6 nitrogen and oxygen atoms in total. The summed E-state index contributed by atoms with van der Waals surface area (Å²) in [5.41, 5.74) is 3.42. The zero-order valence-electron chi connectivity index (χ0n) is 18.9. The quantitative estimate of drug-likeness (QED) is 0.423. The smallest absolute Gasteiger partial charge is 0.375 e. The van der Waals surface area contributed by atoms with Crippen molar-refractivity contribution in [3.63, 3.8) is 0 Å². The van der Waals surface area contributed by atoms with Crippen molar-refractivity contribution in [2.24, 2.45) is 0 Å². The maximum atomic E-state index is 12.6. The Balaban J connectivity index is 1.62. The Morgan fingerprint density at radius 1 is 0.906 bits per heavy atom. The number of nitrogens with one attached hydrogen (secondary N) is 1. The second-order valence-corrected chi connectivity index (χ2v) is 8.12. The van der Waals surface area contributed by atoms with Crippen LogP contribution in [0.3, 0.4) is 0 Å². The molecule has 1 amide bonds. The van der Waals surface area contributed by atoms with Crippen LogP contribution in [-0.2, 0) is 16.1 Å². The van der Waals surface area contributed by atoms with Crippen LogP contribution < -0.4 is 10.1 Å². The van der Waals surface area contributed by atoms with E-state index in [1.54, 1.807) is 6.07 Å². The number of ether oxygens (including phenoxy) is 2. The van der Waals surface area contributed by atoms with E-state index in [9.17, 15) is 9.59 Å². The molecule has 0 fully saturated rings. The fourth-order valence-corrected chi connectivity index (χ4v) is 3.37. The summed E-state index contributed by atoms with van der Waals surface area (Å²) in [7, 11) is 0. The van der Waals surface area contributed by atoms with Gasteiger partial charge in [-0.1, -0.05) is 64.1 Å². The first-order valence-corrected chi connectivity index (χ1v) is 10.7. The number of benzene rings is 2. The zero-order chi connectivity index (χ0) is 23.1. The van der Waals surface area contributed by atoms with Crippen molar-refractivity contribution in [3.8, 4) is 5.75 Å². The van der Waals surface area contributed by atoms with Crippen LogP contribution in [0, 0.1) is 0 Å². The van der Waals surface area contributed by atoms with Crippen molar-refractivity contribution in [2.75, 3.05) is 11.9 Å². The molecule has 0 atom stereocenters. The highest BCUT2D eigenvalue weighted by atomic mass is 16.5. The molecule has 3 aromatic rings. The minimum Gasteiger partial charge on any atom is -0.489 e. The normalized spacial score (nSPS) is 10.9. The summed E-state index contributed by atoms with van der Waals surface area (Å²) in [6.07, 6.45) is 1.40. The van der Waals surface area contributed by atoms with Crippen molar-refractivity contribution in [1.29, 1.82) is 0 Å². The van der Waals surface area contributed by atoms with Crippen LogP contribution in [0.25, 0.3) is 0 Å². The Hall–Kier alpha value is -3.54. The predicted octanol–water partition coefficient (Wildman–Crippen LogP) is 5.90. The van der Waals surface area contributed by atoms with Gasteiger partial charge in [-0.05, 0) is 41.2 Å². The van der Waals surface area contributed by atoms with Gasteiger partial charge in [-0.2, -0.15) is 0 Å². The molecule has 0 saturated carbocycles. The Morgan fingerprint density at radius 2 is 1.56 bits per heavy atom. The number of carbonyl (C=O) groups excluding carboxylic acids is 2. The first kappa shape index (κ1) is 23.1. The molecule has 1 N–H and O–H groups in total. The molecule has 0 aliphatic rings. The SMILES string of the molecule is CC(C)c1cccc(C(C)C)c1NC(=O)COC(=O)c1occc1COc1ccccc1. The minimum absolute atomic E-state index is 0.0270. The molecule has 168 valence electrons. The van der Waals surface area contributed by atoms with Crippen molar-refractivity contribution in [3.05, 3.63) is 83.3 Å². The monoisotopic (exact) mass is 435 g/mol. The van der Waals surface area contributed by atoms with Gasteiger partial charge in [0.1, 0.15) is 12.4 Å². The lowest BCUT2D eigenvalue weighted by atomic mass is 9.92. The van der Waals surface area contributed by atoms with Gasteiger partial charge >= 0.3 is 5.97 Å². The summed E-state index contributed by atoms with van der Waals surface area (Å²) in [5, 5.41) is 2.93. The predicted molar refractivity (Wildman–Crippen MR) is 123 cm³/mol. The highest BCUT2D eigenvalue weighted by Crippen LogP contribution is 2.32. The average molecular weight is 436 g/mol. The second kappa shape index (κ2) is 10.7. The van der Waals surface area contributed by atoms with Crippen LogP contribution in [-0.4, -0.2) is 18.5 Å². The highest BCUT2D eigenvalue weighted by molar-refractivity contribution is 5.96. The Morgan fingerprint density at radius 3 is 2.19 bits per heavy atom. The van der Waals surface area contributed by atoms with E-state index in [-0.39, 0.29) is 24.2 Å². The van der Waals surface area contributed by atoms with E-state index in [1.165, 1.54) is 6.26 Å². The van der Waals surface area contributed by atoms with Crippen LogP contribution in [0.5, 0.6) is 5.75 Å². The molecule has 1 aromatic heterocycles. The molecule has 32 heavy (non-hydrogen) atoms. The lowest BCUT2D eigenvalue weighted by molar-refractivity contribution is -0.119. The lowest BCUT2D eigenvalue weighted by Crippen LogP contribution is -2.23. The molecule has 0 unspecified atom stereocenters. The van der Waals surface area contributed by atoms with E-state index in [0.29, 0.717) is 11.3 Å². The fraction of sp³-hybridized carbons (Fsp3) is 0.308. The molecule has 3 rings (SSSR count). The summed E-state index contributed by atoms with van der Waals surface area (Å²) in [6, 6.07) is 16.9. The summed E-state index contributed by atoms with van der Waals surface area (Å²) >= 11 is 0. The van der Waals surface area contributed by atoms with E-state index >= 15 is 0 Å². The minimum atomic E-state index is -0.710. The number of rotatable bonds is 9. The average Bonchev–Trinajstić information content (AvgIpc) is 3.25. The van der Waals surface area contributed by atoms with Gasteiger partial charge in [0.05, 0.1) is 6.26 Å². The molecule has 0 radical (unpaired) electrons. The maximum absolute atomic E-state index is 12.6. The number of furan rings is 1. The molecule has 0 aliphatic carbocycles. The van der Waals surface area contributed by atoms with E-state index in [2.05, 4.69) is 33.0 Å². The third-order valence-electron chi connectivity index (χ3n) is 5.04. The Kier molecular flexibility index (Phi) is 7.71. The molecular weight excluding hydrogens is 406 g/mol. The second-order valence-electron chi connectivity index (χ2n) is 8.12. The zero-order valence-corrected chi connectivity index (χ0v) is 18.9. The lowest BCUT2D eigenvalue weighted by Gasteiger charge is -2.20. The first-order valence-electron chi connectivity index (χ1n) is 10.7. The van der Waals surface area contributed by atoms with Gasteiger partial charge in [0.2, 0.25) is 5.76 Å². The maximum Gasteiger partial charge on any atom is 0.375 e. The molecule has 2 aromatic carbocycles. The topological polar surface area (TPSA) is 77.8 Å². The number of carbonyl (C=O) groups is 2. The third kappa shape index (κ3) is 5.78. The van der Waals surface area contributed by atoms with Crippen LogP contribution in [0.4, 0.5) is 5.69 Å². The molecule has 0 aliphatic heterocycles. The molecule has 0 saturated heterocycles. The van der Waals surface area contributed by atoms with E-state index in [4.69, 9.17) is 13.9 Å². The molecule has 0 bridgehead atoms. The molecule has 0 spiro atoms. The molecule has 6 heteroatoms. The van der Waals surface area contributed by atoms with Crippen molar-refractivity contribution >= 4 is 17.6 Å². The number of hydrogen-bond acceptors (Lipinski definition) is 5. The third-order valence-corrected chi connectivity index (χ3v) is 5.04. The molecular formula is C26H29NO5. The van der Waals surface area contributed by atoms with Crippen LogP contribution >= 0.6 is 0 Å². The number of hydrogen-bond donors (Lipinski definition) is 1.